The molecule has 1 amide bonds. The summed E-state index contributed by atoms with van der Waals surface area (Å²) in [4.78, 5) is 20.5. The van der Waals surface area contributed by atoms with Gasteiger partial charge in [0.25, 0.3) is 0 Å². The minimum Gasteiger partial charge on any atom is -0.493 e. The fraction of sp³-hybridized carbons (Fsp3) is 0.333. The molecule has 2 aromatic rings. The molecule has 1 heterocycles. The summed E-state index contributed by atoms with van der Waals surface area (Å²) in [6, 6.07) is 7.56. The molecule has 1 N–H and O–H groups in total. The Morgan fingerprint density at radius 1 is 1.23 bits per heavy atom. The summed E-state index contributed by atoms with van der Waals surface area (Å²) in [5.41, 5.74) is 1.92. The van der Waals surface area contributed by atoms with Crippen LogP contribution in [0.3, 0.4) is 0 Å². The Bertz CT molecular complexity index is 849. The van der Waals surface area contributed by atoms with Crippen molar-refractivity contribution >= 4 is 17.7 Å². The molecule has 7 nitrogen and oxygen atoms in total. The van der Waals surface area contributed by atoms with E-state index in [1.807, 2.05) is 12.1 Å². The number of carbonyl (C=O) groups is 1. The van der Waals surface area contributed by atoms with Gasteiger partial charge in [0, 0.05) is 6.54 Å². The van der Waals surface area contributed by atoms with Gasteiger partial charge in [0.1, 0.15) is 22.5 Å². The molecule has 1 aromatic heterocycles. The van der Waals surface area contributed by atoms with Crippen molar-refractivity contribution in [2.24, 2.45) is 0 Å². The first-order valence-electron chi connectivity index (χ1n) is 7.84. The molecule has 0 aliphatic carbocycles. The number of hydrogen-bond donors (Lipinski definition) is 1. The highest BCUT2D eigenvalue weighted by molar-refractivity contribution is 8.00. The first-order chi connectivity index (χ1) is 12.5. The molecule has 1 aromatic carbocycles. The van der Waals surface area contributed by atoms with Gasteiger partial charge in [-0.15, -0.1) is 0 Å². The number of aryl methyl sites for hydroxylation is 2. The second kappa shape index (κ2) is 9.06. The van der Waals surface area contributed by atoms with Gasteiger partial charge in [0.15, 0.2) is 11.5 Å². The lowest BCUT2D eigenvalue weighted by atomic mass is 10.2. The highest BCUT2D eigenvalue weighted by Crippen LogP contribution is 2.27. The van der Waals surface area contributed by atoms with E-state index in [0.29, 0.717) is 40.2 Å². The molecule has 0 saturated heterocycles. The summed E-state index contributed by atoms with van der Waals surface area (Å²) in [5.74, 6) is 1.84. The molecule has 8 heteroatoms. The SMILES string of the molecule is COc1ccc(CNC(=O)CSc2nc(C)nc(C)c2C#N)cc1OC. The number of hydrogen-bond acceptors (Lipinski definition) is 7. The van der Waals surface area contributed by atoms with E-state index in [1.165, 1.54) is 11.8 Å². The van der Waals surface area contributed by atoms with Gasteiger partial charge in [0.2, 0.25) is 5.91 Å². The van der Waals surface area contributed by atoms with Crippen LogP contribution in [0.25, 0.3) is 0 Å². The van der Waals surface area contributed by atoms with Crippen molar-refractivity contribution in [1.29, 1.82) is 5.26 Å². The minimum absolute atomic E-state index is 0.150. The van der Waals surface area contributed by atoms with Crippen molar-refractivity contribution in [2.75, 3.05) is 20.0 Å². The Morgan fingerprint density at radius 3 is 2.62 bits per heavy atom. The molecular formula is C18H20N4O3S. The normalized spacial score (nSPS) is 10.1. The predicted molar refractivity (Wildman–Crippen MR) is 98.3 cm³/mol. The zero-order chi connectivity index (χ0) is 19.1. The van der Waals surface area contributed by atoms with E-state index in [-0.39, 0.29) is 11.7 Å². The van der Waals surface area contributed by atoms with Gasteiger partial charge >= 0.3 is 0 Å². The number of amides is 1. The largest absolute Gasteiger partial charge is 0.493 e. The predicted octanol–water partition coefficient (Wildman–Crippen LogP) is 2.39. The Labute approximate surface area is 156 Å². The molecule has 0 spiro atoms. The van der Waals surface area contributed by atoms with E-state index in [2.05, 4.69) is 21.4 Å². The third-order valence-corrected chi connectivity index (χ3v) is 4.53. The number of nitrogens with one attached hydrogen (secondary N) is 1. The van der Waals surface area contributed by atoms with Crippen LogP contribution < -0.4 is 14.8 Å². The molecule has 0 unspecified atom stereocenters. The molecule has 0 fully saturated rings. The Kier molecular flexibility index (Phi) is 6.81. The Morgan fingerprint density at radius 2 is 1.96 bits per heavy atom. The molecule has 2 rings (SSSR count). The van der Waals surface area contributed by atoms with E-state index >= 15 is 0 Å². The smallest absolute Gasteiger partial charge is 0.230 e. The van der Waals surface area contributed by atoms with Crippen LogP contribution in [0, 0.1) is 25.2 Å². The van der Waals surface area contributed by atoms with Crippen molar-refractivity contribution in [3.8, 4) is 17.6 Å². The van der Waals surface area contributed by atoms with E-state index in [0.717, 1.165) is 5.56 Å². The minimum atomic E-state index is -0.150. The molecule has 0 saturated carbocycles. The molecule has 0 bridgehead atoms. The lowest BCUT2D eigenvalue weighted by Gasteiger charge is -2.10. The van der Waals surface area contributed by atoms with Crippen LogP contribution in [0.5, 0.6) is 11.5 Å². The standard InChI is InChI=1S/C18H20N4O3S/c1-11-14(8-19)18(22-12(2)21-11)26-10-17(23)20-9-13-5-6-15(24-3)16(7-13)25-4/h5-7H,9-10H2,1-4H3,(H,20,23). The number of methoxy groups -OCH3 is 2. The van der Waals surface area contributed by atoms with Crippen LogP contribution in [0.2, 0.25) is 0 Å². The maximum atomic E-state index is 12.1. The highest BCUT2D eigenvalue weighted by atomic mass is 32.2. The van der Waals surface area contributed by atoms with Crippen LogP contribution >= 0.6 is 11.8 Å². The highest BCUT2D eigenvalue weighted by Gasteiger charge is 2.13. The van der Waals surface area contributed by atoms with Crippen molar-refractivity contribution < 1.29 is 14.3 Å². The van der Waals surface area contributed by atoms with Crippen LogP contribution in [0.15, 0.2) is 23.2 Å². The molecule has 0 radical (unpaired) electrons. The van der Waals surface area contributed by atoms with E-state index in [9.17, 15) is 10.1 Å². The summed E-state index contributed by atoms with van der Waals surface area (Å²) < 4.78 is 10.4. The van der Waals surface area contributed by atoms with Gasteiger partial charge in [-0.05, 0) is 31.5 Å². The van der Waals surface area contributed by atoms with Gasteiger partial charge in [-0.1, -0.05) is 17.8 Å². The number of carbonyl (C=O) groups excluding carboxylic acids is 1. The number of nitriles is 1. The number of thioether (sulfide) groups is 1. The summed E-state index contributed by atoms with van der Waals surface area (Å²) >= 11 is 1.23. The Balaban J connectivity index is 1.95. The summed E-state index contributed by atoms with van der Waals surface area (Å²) in [6.07, 6.45) is 0. The number of nitrogens with zero attached hydrogens (tertiary/aromatic N) is 3. The summed E-state index contributed by atoms with van der Waals surface area (Å²) in [7, 11) is 3.14. The zero-order valence-corrected chi connectivity index (χ0v) is 15.9. The first-order valence-corrected chi connectivity index (χ1v) is 8.82. The summed E-state index contributed by atoms with van der Waals surface area (Å²) in [6.45, 7) is 3.89. The topological polar surface area (TPSA) is 97.1 Å². The number of ether oxygens (including phenoxy) is 2. The van der Waals surface area contributed by atoms with E-state index in [4.69, 9.17) is 9.47 Å². The average molecular weight is 372 g/mol. The fourth-order valence-electron chi connectivity index (χ4n) is 2.29. The average Bonchev–Trinajstić information content (AvgIpc) is 2.63. The van der Waals surface area contributed by atoms with Gasteiger partial charge < -0.3 is 14.8 Å². The maximum absolute atomic E-state index is 12.1. The summed E-state index contributed by atoms with van der Waals surface area (Å²) in [5, 5.41) is 12.6. The second-order valence-corrected chi connectivity index (χ2v) is 6.37. The van der Waals surface area contributed by atoms with Crippen molar-refractivity contribution in [1.82, 2.24) is 15.3 Å². The first kappa shape index (κ1) is 19.5. The van der Waals surface area contributed by atoms with Gasteiger partial charge in [-0.25, -0.2) is 9.97 Å². The number of rotatable bonds is 7. The van der Waals surface area contributed by atoms with Gasteiger partial charge in [-0.2, -0.15) is 5.26 Å². The fourth-order valence-corrected chi connectivity index (χ4v) is 3.19. The van der Waals surface area contributed by atoms with Gasteiger partial charge in [-0.3, -0.25) is 4.79 Å². The van der Waals surface area contributed by atoms with E-state index in [1.54, 1.807) is 34.1 Å². The zero-order valence-electron chi connectivity index (χ0n) is 15.1. The van der Waals surface area contributed by atoms with E-state index < -0.39 is 0 Å². The molecular weight excluding hydrogens is 352 g/mol. The molecule has 0 aliphatic rings. The number of aromatic nitrogens is 2. The van der Waals surface area contributed by atoms with Crippen LogP contribution in [-0.4, -0.2) is 35.8 Å². The molecule has 0 aliphatic heterocycles. The van der Waals surface area contributed by atoms with Crippen LogP contribution in [0.4, 0.5) is 0 Å². The van der Waals surface area contributed by atoms with Crippen LogP contribution in [0.1, 0.15) is 22.6 Å². The van der Waals surface area contributed by atoms with Gasteiger partial charge in [0.05, 0.1) is 25.7 Å². The lowest BCUT2D eigenvalue weighted by Crippen LogP contribution is -2.24. The molecule has 136 valence electrons. The van der Waals surface area contributed by atoms with Crippen molar-refractivity contribution in [3.63, 3.8) is 0 Å². The quantitative estimate of drug-likeness (QED) is 0.589. The second-order valence-electron chi connectivity index (χ2n) is 5.40. The van der Waals surface area contributed by atoms with Crippen molar-refractivity contribution in [3.05, 3.63) is 40.8 Å². The Hall–Kier alpha value is -2.79. The van der Waals surface area contributed by atoms with Crippen molar-refractivity contribution in [2.45, 2.75) is 25.4 Å². The monoisotopic (exact) mass is 372 g/mol. The number of benzene rings is 1. The molecule has 0 atom stereocenters. The maximum Gasteiger partial charge on any atom is 0.230 e. The molecule has 26 heavy (non-hydrogen) atoms. The van der Waals surface area contributed by atoms with Crippen LogP contribution in [-0.2, 0) is 11.3 Å². The third-order valence-electron chi connectivity index (χ3n) is 3.56. The lowest BCUT2D eigenvalue weighted by molar-refractivity contribution is -0.118. The third kappa shape index (κ3) is 4.86.